The third kappa shape index (κ3) is 4.64. The van der Waals surface area contributed by atoms with Crippen LogP contribution in [0.3, 0.4) is 0 Å². The summed E-state index contributed by atoms with van der Waals surface area (Å²) < 4.78 is 0. The summed E-state index contributed by atoms with van der Waals surface area (Å²) in [6.45, 7) is 6.02. The van der Waals surface area contributed by atoms with Crippen molar-refractivity contribution in [2.75, 3.05) is 33.7 Å². The Kier molecular flexibility index (Phi) is 5.59. The van der Waals surface area contributed by atoms with Gasteiger partial charge in [0.05, 0.1) is 6.54 Å². The molecule has 18 heavy (non-hydrogen) atoms. The van der Waals surface area contributed by atoms with Gasteiger partial charge in [-0.3, -0.25) is 14.5 Å². The lowest BCUT2D eigenvalue weighted by Gasteiger charge is -2.32. The van der Waals surface area contributed by atoms with Crippen LogP contribution in [0.2, 0.25) is 0 Å². The van der Waals surface area contributed by atoms with Gasteiger partial charge in [0.1, 0.15) is 0 Å². The van der Waals surface area contributed by atoms with Gasteiger partial charge in [-0.05, 0) is 39.8 Å². The molecule has 0 bridgehead atoms. The molecule has 0 aromatic carbocycles. The Labute approximate surface area is 110 Å². The lowest BCUT2D eigenvalue weighted by Crippen LogP contribution is -2.45. The van der Waals surface area contributed by atoms with E-state index in [2.05, 4.69) is 10.2 Å². The van der Waals surface area contributed by atoms with Gasteiger partial charge in [-0.1, -0.05) is 0 Å². The molecule has 1 fully saturated rings. The van der Waals surface area contributed by atoms with E-state index >= 15 is 0 Å². The van der Waals surface area contributed by atoms with Crippen LogP contribution in [0.25, 0.3) is 0 Å². The van der Waals surface area contributed by atoms with Gasteiger partial charge >= 0.3 is 0 Å². The molecule has 0 aromatic heterocycles. The van der Waals surface area contributed by atoms with Crippen LogP contribution in [0.4, 0.5) is 0 Å². The molecule has 1 N–H and O–H groups in total. The topological polar surface area (TPSA) is 52.7 Å². The van der Waals surface area contributed by atoms with E-state index in [9.17, 15) is 9.59 Å². The fourth-order valence-corrected chi connectivity index (χ4v) is 2.27. The number of hydrogen-bond acceptors (Lipinski definition) is 3. The Balaban J connectivity index is 2.31. The fraction of sp³-hybridized carbons (Fsp3) is 0.846. The summed E-state index contributed by atoms with van der Waals surface area (Å²) in [5.41, 5.74) is 0. The molecule has 0 aliphatic carbocycles. The molecule has 0 radical (unpaired) electrons. The van der Waals surface area contributed by atoms with E-state index in [0.717, 1.165) is 25.9 Å². The number of likely N-dealkylation sites (tertiary alicyclic amines) is 1. The number of nitrogens with one attached hydrogen (secondary N) is 1. The largest absolute Gasteiger partial charge is 0.353 e. The van der Waals surface area contributed by atoms with Crippen molar-refractivity contribution < 1.29 is 9.59 Å². The van der Waals surface area contributed by atoms with Crippen LogP contribution in [-0.4, -0.2) is 61.4 Å². The van der Waals surface area contributed by atoms with Crippen molar-refractivity contribution in [1.82, 2.24) is 15.1 Å². The van der Waals surface area contributed by atoms with Gasteiger partial charge in [-0.2, -0.15) is 0 Å². The second-order valence-electron chi connectivity index (χ2n) is 5.51. The molecule has 0 aromatic rings. The van der Waals surface area contributed by atoms with E-state index in [1.807, 2.05) is 13.8 Å². The number of rotatable bonds is 4. The molecule has 2 amide bonds. The third-order valence-corrected chi connectivity index (χ3v) is 3.19. The zero-order valence-corrected chi connectivity index (χ0v) is 11.9. The maximum Gasteiger partial charge on any atom is 0.234 e. The standard InChI is InChI=1S/C13H25N3O2/c1-10(2)14-12(17)9-16-7-5-11(6-8-16)13(18)15(3)4/h10-11H,5-9H2,1-4H3,(H,14,17). The average Bonchev–Trinajstić information content (AvgIpc) is 2.27. The lowest BCUT2D eigenvalue weighted by atomic mass is 9.95. The quantitative estimate of drug-likeness (QED) is 0.786. The highest BCUT2D eigenvalue weighted by Gasteiger charge is 2.26. The Morgan fingerprint density at radius 3 is 2.28 bits per heavy atom. The van der Waals surface area contributed by atoms with E-state index in [1.54, 1.807) is 19.0 Å². The number of carbonyl (C=O) groups is 2. The molecule has 5 heteroatoms. The van der Waals surface area contributed by atoms with Crippen molar-refractivity contribution in [2.45, 2.75) is 32.7 Å². The second kappa shape index (κ2) is 6.73. The van der Waals surface area contributed by atoms with Crippen LogP contribution in [-0.2, 0) is 9.59 Å². The van der Waals surface area contributed by atoms with E-state index in [4.69, 9.17) is 0 Å². The molecule has 0 atom stereocenters. The van der Waals surface area contributed by atoms with Gasteiger partial charge in [0.2, 0.25) is 11.8 Å². The monoisotopic (exact) mass is 255 g/mol. The maximum absolute atomic E-state index is 11.8. The fourth-order valence-electron chi connectivity index (χ4n) is 2.27. The SMILES string of the molecule is CC(C)NC(=O)CN1CCC(C(=O)N(C)C)CC1. The normalized spacial score (nSPS) is 17.8. The van der Waals surface area contributed by atoms with Gasteiger partial charge < -0.3 is 10.2 Å². The molecule has 0 saturated carbocycles. The third-order valence-electron chi connectivity index (χ3n) is 3.19. The molecule has 0 spiro atoms. The number of amides is 2. The van der Waals surface area contributed by atoms with E-state index in [1.165, 1.54) is 0 Å². The molecule has 1 aliphatic rings. The van der Waals surface area contributed by atoms with Gasteiger partial charge in [-0.15, -0.1) is 0 Å². The van der Waals surface area contributed by atoms with E-state index in [-0.39, 0.29) is 23.8 Å². The summed E-state index contributed by atoms with van der Waals surface area (Å²) in [5.74, 6) is 0.410. The van der Waals surface area contributed by atoms with Gasteiger partial charge in [0.25, 0.3) is 0 Å². The minimum Gasteiger partial charge on any atom is -0.353 e. The summed E-state index contributed by atoms with van der Waals surface area (Å²) in [7, 11) is 3.59. The first kappa shape index (κ1) is 15.0. The molecular formula is C13H25N3O2. The van der Waals surface area contributed by atoms with Crippen molar-refractivity contribution in [3.63, 3.8) is 0 Å². The van der Waals surface area contributed by atoms with Crippen molar-refractivity contribution in [2.24, 2.45) is 5.92 Å². The van der Waals surface area contributed by atoms with Crippen LogP contribution >= 0.6 is 0 Å². The predicted molar refractivity (Wildman–Crippen MR) is 71.1 cm³/mol. The highest BCUT2D eigenvalue weighted by Crippen LogP contribution is 2.18. The molecule has 0 unspecified atom stereocenters. The van der Waals surface area contributed by atoms with Crippen LogP contribution < -0.4 is 5.32 Å². The lowest BCUT2D eigenvalue weighted by molar-refractivity contribution is -0.134. The molecule has 104 valence electrons. The average molecular weight is 255 g/mol. The number of nitrogens with zero attached hydrogens (tertiary/aromatic N) is 2. The van der Waals surface area contributed by atoms with Crippen molar-refractivity contribution in [3.8, 4) is 0 Å². The van der Waals surface area contributed by atoms with Crippen molar-refractivity contribution in [3.05, 3.63) is 0 Å². The smallest absolute Gasteiger partial charge is 0.234 e. The van der Waals surface area contributed by atoms with Crippen molar-refractivity contribution in [1.29, 1.82) is 0 Å². The summed E-state index contributed by atoms with van der Waals surface area (Å²) in [5, 5.41) is 2.89. The van der Waals surface area contributed by atoms with E-state index < -0.39 is 0 Å². The molecule has 1 saturated heterocycles. The Morgan fingerprint density at radius 1 is 1.28 bits per heavy atom. The van der Waals surface area contributed by atoms with Gasteiger partial charge in [0.15, 0.2) is 0 Å². The van der Waals surface area contributed by atoms with Crippen LogP contribution in [0.5, 0.6) is 0 Å². The Morgan fingerprint density at radius 2 is 1.83 bits per heavy atom. The first-order chi connectivity index (χ1) is 8.40. The number of carbonyl (C=O) groups excluding carboxylic acids is 2. The van der Waals surface area contributed by atoms with E-state index in [0.29, 0.717) is 6.54 Å². The first-order valence-corrected chi connectivity index (χ1v) is 6.63. The zero-order chi connectivity index (χ0) is 13.7. The highest BCUT2D eigenvalue weighted by molar-refractivity contribution is 5.79. The van der Waals surface area contributed by atoms with Gasteiger partial charge in [0, 0.05) is 26.1 Å². The van der Waals surface area contributed by atoms with Crippen LogP contribution in [0.1, 0.15) is 26.7 Å². The number of hydrogen-bond donors (Lipinski definition) is 1. The molecule has 1 aliphatic heterocycles. The molecule has 1 heterocycles. The summed E-state index contributed by atoms with van der Waals surface area (Å²) in [6.07, 6.45) is 1.71. The minimum atomic E-state index is 0.0717. The Bertz CT molecular complexity index is 295. The predicted octanol–water partition coefficient (Wildman–Crippen LogP) is 0.311. The molecular weight excluding hydrogens is 230 g/mol. The van der Waals surface area contributed by atoms with Crippen LogP contribution in [0.15, 0.2) is 0 Å². The zero-order valence-electron chi connectivity index (χ0n) is 11.9. The number of piperidine rings is 1. The highest BCUT2D eigenvalue weighted by atomic mass is 16.2. The first-order valence-electron chi connectivity index (χ1n) is 6.63. The Hall–Kier alpha value is -1.10. The second-order valence-corrected chi connectivity index (χ2v) is 5.51. The van der Waals surface area contributed by atoms with Gasteiger partial charge in [-0.25, -0.2) is 0 Å². The van der Waals surface area contributed by atoms with Crippen LogP contribution in [0, 0.1) is 5.92 Å². The summed E-state index contributed by atoms with van der Waals surface area (Å²) >= 11 is 0. The summed E-state index contributed by atoms with van der Waals surface area (Å²) in [4.78, 5) is 27.2. The van der Waals surface area contributed by atoms with Crippen molar-refractivity contribution >= 4 is 11.8 Å². The molecule has 1 rings (SSSR count). The maximum atomic E-state index is 11.8. The minimum absolute atomic E-state index is 0.0717. The summed E-state index contributed by atoms with van der Waals surface area (Å²) in [6, 6.07) is 0.186. The molecule has 5 nitrogen and oxygen atoms in total.